The van der Waals surface area contributed by atoms with Gasteiger partial charge in [0.15, 0.2) is 0 Å². The number of carbonyl (C=O) groups excluding carboxylic acids is 1. The molecule has 0 saturated heterocycles. The Labute approximate surface area is 111 Å². The zero-order valence-electron chi connectivity index (χ0n) is 9.77. The predicted octanol–water partition coefficient (Wildman–Crippen LogP) is 3.50. The van der Waals surface area contributed by atoms with Crippen LogP contribution in [-0.4, -0.2) is 10.8 Å². The van der Waals surface area contributed by atoms with Gasteiger partial charge in [-0.2, -0.15) is 0 Å². The van der Waals surface area contributed by atoms with Crippen molar-refractivity contribution < 1.29 is 4.79 Å². The van der Waals surface area contributed by atoms with Gasteiger partial charge in [0, 0.05) is 13.1 Å². The fourth-order valence-electron chi connectivity index (χ4n) is 2.31. The minimum Gasteiger partial charge on any atom is -0.330 e. The van der Waals surface area contributed by atoms with E-state index < -0.39 is 0 Å². The molecule has 0 radical (unpaired) electrons. The average molecular weight is 258 g/mol. The molecule has 3 rings (SSSR count). The van der Waals surface area contributed by atoms with E-state index >= 15 is 0 Å². The predicted molar refractivity (Wildman–Crippen MR) is 71.5 cm³/mol. The number of halogens is 1. The van der Waals surface area contributed by atoms with Crippen LogP contribution >= 0.6 is 11.6 Å². The van der Waals surface area contributed by atoms with Crippen LogP contribution in [0.1, 0.15) is 21.5 Å². The van der Waals surface area contributed by atoms with Crippen molar-refractivity contribution in [2.24, 2.45) is 0 Å². The molecule has 0 aromatic heterocycles. The fourth-order valence-corrected chi connectivity index (χ4v) is 2.58. The quantitative estimate of drug-likeness (QED) is 0.806. The van der Waals surface area contributed by atoms with Crippen LogP contribution < -0.4 is 0 Å². The molecule has 1 amide bonds. The molecule has 0 saturated carbocycles. The minimum absolute atomic E-state index is 0.0273. The van der Waals surface area contributed by atoms with Gasteiger partial charge in [0.25, 0.3) is 5.91 Å². The molecule has 0 bridgehead atoms. The van der Waals surface area contributed by atoms with Gasteiger partial charge in [-0.15, -0.1) is 0 Å². The van der Waals surface area contributed by atoms with Crippen molar-refractivity contribution >= 4 is 17.5 Å². The second-order valence-corrected chi connectivity index (χ2v) is 4.83. The maximum Gasteiger partial charge on any atom is 0.256 e. The molecule has 0 unspecified atom stereocenters. The van der Waals surface area contributed by atoms with Crippen molar-refractivity contribution in [3.8, 4) is 0 Å². The van der Waals surface area contributed by atoms with Crippen molar-refractivity contribution in [3.63, 3.8) is 0 Å². The van der Waals surface area contributed by atoms with Crippen molar-refractivity contribution in [1.29, 1.82) is 0 Å². The number of hydrogen-bond acceptors (Lipinski definition) is 1. The third-order valence-electron chi connectivity index (χ3n) is 3.18. The molecule has 1 heterocycles. The van der Waals surface area contributed by atoms with Gasteiger partial charge in [0.05, 0.1) is 10.6 Å². The molecule has 2 aromatic rings. The Hall–Kier alpha value is -1.80. The number of benzene rings is 2. The van der Waals surface area contributed by atoms with Crippen LogP contribution in [0.25, 0.3) is 0 Å². The van der Waals surface area contributed by atoms with Gasteiger partial charge in [0.2, 0.25) is 0 Å². The molecule has 2 aromatic carbocycles. The first-order valence-electron chi connectivity index (χ1n) is 5.86. The first-order chi connectivity index (χ1) is 8.75. The van der Waals surface area contributed by atoms with Gasteiger partial charge in [-0.1, -0.05) is 54.1 Å². The van der Waals surface area contributed by atoms with Crippen LogP contribution in [0.3, 0.4) is 0 Å². The van der Waals surface area contributed by atoms with Crippen molar-refractivity contribution in [2.75, 3.05) is 0 Å². The second-order valence-electron chi connectivity index (χ2n) is 4.42. The number of amides is 1. The Morgan fingerprint density at radius 3 is 2.56 bits per heavy atom. The summed E-state index contributed by atoms with van der Waals surface area (Å²) in [6.45, 7) is 1.27. The van der Waals surface area contributed by atoms with Crippen molar-refractivity contribution in [2.45, 2.75) is 13.1 Å². The lowest BCUT2D eigenvalue weighted by molar-refractivity contribution is 0.0767. The van der Waals surface area contributed by atoms with Gasteiger partial charge in [-0.05, 0) is 17.2 Å². The monoisotopic (exact) mass is 257 g/mol. The highest BCUT2D eigenvalue weighted by molar-refractivity contribution is 6.34. The fraction of sp³-hybridized carbons (Fsp3) is 0.133. The first kappa shape index (κ1) is 11.3. The smallest absolute Gasteiger partial charge is 0.256 e. The molecule has 18 heavy (non-hydrogen) atoms. The standard InChI is InChI=1S/C15H12ClNO/c16-13-8-4-7-12-10-17(15(18)14(12)13)9-11-5-2-1-3-6-11/h1-8H,9-10H2. The van der Waals surface area contributed by atoms with Gasteiger partial charge < -0.3 is 4.90 Å². The van der Waals surface area contributed by atoms with Crippen LogP contribution in [0.2, 0.25) is 5.02 Å². The molecule has 0 N–H and O–H groups in total. The van der Waals surface area contributed by atoms with E-state index in [2.05, 4.69) is 0 Å². The second kappa shape index (κ2) is 4.46. The third-order valence-corrected chi connectivity index (χ3v) is 3.49. The zero-order chi connectivity index (χ0) is 12.5. The van der Waals surface area contributed by atoms with Crippen LogP contribution in [0.15, 0.2) is 48.5 Å². The molecule has 1 aliphatic rings. The Morgan fingerprint density at radius 2 is 1.83 bits per heavy atom. The highest BCUT2D eigenvalue weighted by Gasteiger charge is 2.29. The average Bonchev–Trinajstić information content (AvgIpc) is 2.69. The lowest BCUT2D eigenvalue weighted by atomic mass is 10.1. The lowest BCUT2D eigenvalue weighted by Gasteiger charge is -2.15. The number of rotatable bonds is 2. The Morgan fingerprint density at radius 1 is 1.06 bits per heavy atom. The molecule has 0 atom stereocenters. The van der Waals surface area contributed by atoms with Gasteiger partial charge >= 0.3 is 0 Å². The number of nitrogens with zero attached hydrogens (tertiary/aromatic N) is 1. The Kier molecular flexibility index (Phi) is 2.80. The lowest BCUT2D eigenvalue weighted by Crippen LogP contribution is -2.23. The number of fused-ring (bicyclic) bond motifs is 1. The maximum absolute atomic E-state index is 12.3. The van der Waals surface area contributed by atoms with Crippen LogP contribution in [0.4, 0.5) is 0 Å². The molecular formula is C15H12ClNO. The third kappa shape index (κ3) is 1.89. The van der Waals surface area contributed by atoms with E-state index in [0.29, 0.717) is 23.7 Å². The normalized spacial score (nSPS) is 13.8. The highest BCUT2D eigenvalue weighted by Crippen LogP contribution is 2.29. The molecule has 2 nitrogen and oxygen atoms in total. The number of hydrogen-bond donors (Lipinski definition) is 0. The molecular weight excluding hydrogens is 246 g/mol. The van der Waals surface area contributed by atoms with E-state index in [9.17, 15) is 4.79 Å². The highest BCUT2D eigenvalue weighted by atomic mass is 35.5. The largest absolute Gasteiger partial charge is 0.330 e. The van der Waals surface area contributed by atoms with Crippen molar-refractivity contribution in [3.05, 3.63) is 70.2 Å². The summed E-state index contributed by atoms with van der Waals surface area (Å²) < 4.78 is 0. The van der Waals surface area contributed by atoms with Crippen molar-refractivity contribution in [1.82, 2.24) is 4.90 Å². The Bertz CT molecular complexity index is 595. The van der Waals surface area contributed by atoms with Gasteiger partial charge in [0.1, 0.15) is 0 Å². The van der Waals surface area contributed by atoms with Crippen LogP contribution in [0.5, 0.6) is 0 Å². The molecule has 0 fully saturated rings. The summed E-state index contributed by atoms with van der Waals surface area (Å²) in [4.78, 5) is 14.1. The van der Waals surface area contributed by atoms with Crippen LogP contribution in [0, 0.1) is 0 Å². The van der Waals surface area contributed by atoms with E-state index in [1.165, 1.54) is 0 Å². The SMILES string of the molecule is O=C1c2c(Cl)cccc2CN1Cc1ccccc1. The zero-order valence-corrected chi connectivity index (χ0v) is 10.5. The topological polar surface area (TPSA) is 20.3 Å². The molecule has 1 aliphatic heterocycles. The molecule has 90 valence electrons. The van der Waals surface area contributed by atoms with E-state index in [-0.39, 0.29) is 5.91 Å². The van der Waals surface area contributed by atoms with E-state index in [1.807, 2.05) is 47.4 Å². The molecule has 0 aliphatic carbocycles. The molecule has 0 spiro atoms. The first-order valence-corrected chi connectivity index (χ1v) is 6.24. The summed E-state index contributed by atoms with van der Waals surface area (Å²) in [6, 6.07) is 15.6. The van der Waals surface area contributed by atoms with Crippen LogP contribution in [-0.2, 0) is 13.1 Å². The molecule has 3 heteroatoms. The number of carbonyl (C=O) groups is 1. The summed E-state index contributed by atoms with van der Waals surface area (Å²) in [5.41, 5.74) is 2.81. The van der Waals surface area contributed by atoms with Gasteiger partial charge in [-0.25, -0.2) is 0 Å². The van der Waals surface area contributed by atoms with E-state index in [1.54, 1.807) is 6.07 Å². The summed E-state index contributed by atoms with van der Waals surface area (Å²) in [5.74, 6) is 0.0273. The van der Waals surface area contributed by atoms with E-state index in [4.69, 9.17) is 11.6 Å². The van der Waals surface area contributed by atoms with Gasteiger partial charge in [-0.3, -0.25) is 4.79 Å². The summed E-state index contributed by atoms with van der Waals surface area (Å²) in [5, 5.41) is 0.549. The summed E-state index contributed by atoms with van der Waals surface area (Å²) in [7, 11) is 0. The Balaban J connectivity index is 1.87. The summed E-state index contributed by atoms with van der Waals surface area (Å²) >= 11 is 6.09. The summed E-state index contributed by atoms with van der Waals surface area (Å²) in [6.07, 6.45) is 0. The minimum atomic E-state index is 0.0273. The van der Waals surface area contributed by atoms with E-state index in [0.717, 1.165) is 11.1 Å². The maximum atomic E-state index is 12.3.